The molecular weight excluding hydrogens is 362 g/mol. The molecule has 152 valence electrons. The van der Waals surface area contributed by atoms with E-state index < -0.39 is 0 Å². The predicted octanol–water partition coefficient (Wildman–Crippen LogP) is 6.33. The topological polar surface area (TPSA) is 62.3 Å². The Morgan fingerprint density at radius 1 is 1.17 bits per heavy atom. The van der Waals surface area contributed by atoms with Crippen LogP contribution in [0.25, 0.3) is 22.2 Å². The zero-order valence-electron chi connectivity index (χ0n) is 17.3. The molecule has 2 N–H and O–H groups in total. The van der Waals surface area contributed by atoms with Crippen molar-refractivity contribution in [3.63, 3.8) is 0 Å². The number of hydrogen-bond donors (Lipinski definition) is 2. The number of ether oxygens (including phenoxy) is 1. The smallest absolute Gasteiger partial charge is 0.337 e. The minimum absolute atomic E-state index is 0.338. The Labute approximate surface area is 171 Å². The lowest BCUT2D eigenvalue weighted by atomic mass is 9.81. The van der Waals surface area contributed by atoms with Crippen LogP contribution in [0, 0.1) is 0 Å². The van der Waals surface area contributed by atoms with Crippen LogP contribution < -0.4 is 0 Å². The molecule has 1 saturated carbocycles. The summed E-state index contributed by atoms with van der Waals surface area (Å²) in [5.41, 5.74) is 5.56. The number of H-pyrrole nitrogens is 1. The molecule has 0 radical (unpaired) electrons. The third-order valence-electron chi connectivity index (χ3n) is 6.18. The number of nitrogens with one attached hydrogen (secondary N) is 1. The summed E-state index contributed by atoms with van der Waals surface area (Å²) in [4.78, 5) is 15.6. The van der Waals surface area contributed by atoms with Crippen molar-refractivity contribution in [1.29, 1.82) is 0 Å². The number of benzene rings is 2. The number of aromatic amines is 1. The second-order valence-electron chi connectivity index (χ2n) is 8.06. The van der Waals surface area contributed by atoms with Crippen LogP contribution in [-0.2, 0) is 11.2 Å². The summed E-state index contributed by atoms with van der Waals surface area (Å²) < 4.78 is 4.89. The number of esters is 1. The fourth-order valence-electron chi connectivity index (χ4n) is 4.76. The van der Waals surface area contributed by atoms with E-state index in [4.69, 9.17) is 4.74 Å². The molecule has 3 aromatic rings. The number of carbonyl (C=O) groups is 1. The van der Waals surface area contributed by atoms with Crippen molar-refractivity contribution in [2.24, 2.45) is 0 Å². The maximum atomic E-state index is 12.0. The van der Waals surface area contributed by atoms with Crippen molar-refractivity contribution < 1.29 is 14.6 Å². The molecule has 4 rings (SSSR count). The van der Waals surface area contributed by atoms with Gasteiger partial charge in [0.25, 0.3) is 0 Å². The van der Waals surface area contributed by atoms with Crippen molar-refractivity contribution >= 4 is 16.9 Å². The van der Waals surface area contributed by atoms with Gasteiger partial charge in [-0.15, -0.1) is 0 Å². The van der Waals surface area contributed by atoms with Gasteiger partial charge < -0.3 is 14.8 Å². The number of aryl methyl sites for hydroxylation is 1. The fraction of sp³-hybridized carbons (Fsp3) is 0.400. The van der Waals surface area contributed by atoms with Gasteiger partial charge in [-0.1, -0.05) is 50.8 Å². The van der Waals surface area contributed by atoms with Crippen LogP contribution in [0.5, 0.6) is 5.75 Å². The van der Waals surface area contributed by atoms with E-state index >= 15 is 0 Å². The Balaban J connectivity index is 1.92. The first kappa shape index (κ1) is 19.6. The second kappa shape index (κ2) is 8.32. The first-order chi connectivity index (χ1) is 14.1. The zero-order valence-corrected chi connectivity index (χ0v) is 17.3. The summed E-state index contributed by atoms with van der Waals surface area (Å²) in [7, 11) is 1.40. The molecule has 0 saturated heterocycles. The molecule has 0 unspecified atom stereocenters. The summed E-state index contributed by atoms with van der Waals surface area (Å²) in [5.74, 6) is 0.493. The van der Waals surface area contributed by atoms with E-state index in [2.05, 4.69) is 11.9 Å². The number of methoxy groups -OCH3 is 1. The first-order valence-electron chi connectivity index (χ1n) is 10.7. The minimum atomic E-state index is -0.338. The Morgan fingerprint density at radius 2 is 1.97 bits per heavy atom. The van der Waals surface area contributed by atoms with Crippen LogP contribution >= 0.6 is 0 Å². The van der Waals surface area contributed by atoms with Crippen molar-refractivity contribution in [2.45, 2.75) is 57.8 Å². The maximum absolute atomic E-state index is 12.0. The third-order valence-corrected chi connectivity index (χ3v) is 6.18. The van der Waals surface area contributed by atoms with E-state index in [1.165, 1.54) is 31.9 Å². The quantitative estimate of drug-likeness (QED) is 0.500. The number of para-hydroxylation sites is 1. The lowest BCUT2D eigenvalue weighted by Crippen LogP contribution is -2.05. The fourth-order valence-corrected chi connectivity index (χ4v) is 4.76. The van der Waals surface area contributed by atoms with Crippen molar-refractivity contribution in [3.8, 4) is 17.0 Å². The largest absolute Gasteiger partial charge is 0.507 e. The summed E-state index contributed by atoms with van der Waals surface area (Å²) in [6.45, 7) is 2.12. The van der Waals surface area contributed by atoms with Crippen LogP contribution in [-0.4, -0.2) is 23.2 Å². The van der Waals surface area contributed by atoms with Gasteiger partial charge in [-0.2, -0.15) is 0 Å². The molecule has 1 fully saturated rings. The van der Waals surface area contributed by atoms with E-state index in [9.17, 15) is 9.90 Å². The third kappa shape index (κ3) is 3.64. The van der Waals surface area contributed by atoms with E-state index in [1.54, 1.807) is 0 Å². The van der Waals surface area contributed by atoms with Crippen molar-refractivity contribution in [1.82, 2.24) is 4.98 Å². The standard InChI is InChI=1S/C25H29NO3/c1-3-8-17-11-7-12-20(24(17)27)23-22(16-9-5-4-6-10-16)19-14-13-18(25(28)29-2)15-21(19)26-23/h7,11-16,26-27H,3-6,8-10H2,1-2H3. The molecule has 4 nitrogen and oxygen atoms in total. The lowest BCUT2D eigenvalue weighted by Gasteiger charge is -2.23. The number of carbonyl (C=O) groups excluding carboxylic acids is 1. The van der Waals surface area contributed by atoms with Gasteiger partial charge in [-0.05, 0) is 54.5 Å². The molecule has 0 bridgehead atoms. The van der Waals surface area contributed by atoms with Gasteiger partial charge in [0.2, 0.25) is 0 Å². The number of rotatable bonds is 5. The molecule has 2 aromatic carbocycles. The van der Waals surface area contributed by atoms with Gasteiger partial charge in [-0.3, -0.25) is 0 Å². The van der Waals surface area contributed by atoms with E-state index in [0.29, 0.717) is 17.2 Å². The van der Waals surface area contributed by atoms with E-state index in [0.717, 1.165) is 53.4 Å². The Kier molecular flexibility index (Phi) is 5.61. The maximum Gasteiger partial charge on any atom is 0.337 e. The second-order valence-corrected chi connectivity index (χ2v) is 8.06. The average molecular weight is 392 g/mol. The number of phenols is 1. The number of aromatic hydroxyl groups is 1. The van der Waals surface area contributed by atoms with Gasteiger partial charge in [0.1, 0.15) is 5.75 Å². The van der Waals surface area contributed by atoms with Crippen molar-refractivity contribution in [3.05, 3.63) is 53.1 Å². The highest BCUT2D eigenvalue weighted by Crippen LogP contribution is 2.45. The van der Waals surface area contributed by atoms with Gasteiger partial charge in [-0.25, -0.2) is 4.79 Å². The van der Waals surface area contributed by atoms with Crippen LogP contribution in [0.15, 0.2) is 36.4 Å². The Morgan fingerprint density at radius 3 is 2.69 bits per heavy atom. The Bertz CT molecular complexity index is 1030. The molecule has 4 heteroatoms. The van der Waals surface area contributed by atoms with Crippen LogP contribution in [0.4, 0.5) is 0 Å². The van der Waals surface area contributed by atoms with Crippen LogP contribution in [0.3, 0.4) is 0 Å². The first-order valence-corrected chi connectivity index (χ1v) is 10.7. The Hall–Kier alpha value is -2.75. The monoisotopic (exact) mass is 391 g/mol. The molecule has 0 spiro atoms. The summed E-state index contributed by atoms with van der Waals surface area (Å²) in [6, 6.07) is 11.7. The van der Waals surface area contributed by atoms with Crippen LogP contribution in [0.2, 0.25) is 0 Å². The summed E-state index contributed by atoms with van der Waals surface area (Å²) in [6.07, 6.45) is 7.92. The SMILES string of the molecule is CCCc1cccc(-c2[nH]c3cc(C(=O)OC)ccc3c2C2CCCCC2)c1O. The zero-order chi connectivity index (χ0) is 20.4. The molecule has 1 heterocycles. The van der Waals surface area contributed by atoms with Gasteiger partial charge in [0, 0.05) is 16.5 Å². The van der Waals surface area contributed by atoms with Gasteiger partial charge in [0.15, 0.2) is 0 Å². The molecule has 1 aliphatic carbocycles. The number of hydrogen-bond acceptors (Lipinski definition) is 3. The van der Waals surface area contributed by atoms with E-state index in [-0.39, 0.29) is 5.97 Å². The molecule has 0 atom stereocenters. The molecule has 0 amide bonds. The lowest BCUT2D eigenvalue weighted by molar-refractivity contribution is 0.0601. The summed E-state index contributed by atoms with van der Waals surface area (Å²) in [5, 5.41) is 12.1. The van der Waals surface area contributed by atoms with Crippen molar-refractivity contribution in [2.75, 3.05) is 7.11 Å². The van der Waals surface area contributed by atoms with E-state index in [1.807, 2.05) is 36.4 Å². The highest BCUT2D eigenvalue weighted by molar-refractivity contribution is 5.98. The van der Waals surface area contributed by atoms with Gasteiger partial charge >= 0.3 is 5.97 Å². The number of phenolic OH excluding ortho intramolecular Hbond substituents is 1. The molecule has 29 heavy (non-hydrogen) atoms. The highest BCUT2D eigenvalue weighted by Gasteiger charge is 2.25. The normalized spacial score (nSPS) is 15.0. The minimum Gasteiger partial charge on any atom is -0.507 e. The molecular formula is C25H29NO3. The van der Waals surface area contributed by atoms with Gasteiger partial charge in [0.05, 0.1) is 18.4 Å². The predicted molar refractivity (Wildman–Crippen MR) is 117 cm³/mol. The molecule has 1 aliphatic rings. The molecule has 0 aliphatic heterocycles. The number of aromatic nitrogens is 1. The summed E-state index contributed by atoms with van der Waals surface area (Å²) >= 11 is 0. The number of fused-ring (bicyclic) bond motifs is 1. The highest BCUT2D eigenvalue weighted by atomic mass is 16.5. The van der Waals surface area contributed by atoms with Crippen LogP contribution in [0.1, 0.15) is 72.9 Å². The molecule has 1 aromatic heterocycles. The average Bonchev–Trinajstić information content (AvgIpc) is 3.13.